The van der Waals surface area contributed by atoms with Crippen LogP contribution in [0, 0.1) is 0 Å². The number of halogens is 1. The summed E-state index contributed by atoms with van der Waals surface area (Å²) in [7, 11) is 0. The minimum atomic E-state index is -0.112. The molecule has 3 heterocycles. The maximum Gasteiger partial charge on any atom is 0.317 e. The third-order valence-electron chi connectivity index (χ3n) is 5.35. The van der Waals surface area contributed by atoms with E-state index in [0.717, 1.165) is 37.1 Å². The first kappa shape index (κ1) is 18.8. The van der Waals surface area contributed by atoms with Crippen molar-refractivity contribution in [2.45, 2.75) is 32.4 Å². The highest BCUT2D eigenvalue weighted by atomic mass is 35.5. The Balaban J connectivity index is 1.27. The first-order valence-corrected chi connectivity index (χ1v) is 10.1. The van der Waals surface area contributed by atoms with E-state index in [0.29, 0.717) is 43.4 Å². The van der Waals surface area contributed by atoms with Crippen molar-refractivity contribution in [2.75, 3.05) is 26.2 Å². The first-order valence-electron chi connectivity index (χ1n) is 9.73. The van der Waals surface area contributed by atoms with Gasteiger partial charge in [0, 0.05) is 50.0 Å². The number of fused-ring (bicyclic) bond motifs is 1. The van der Waals surface area contributed by atoms with Crippen molar-refractivity contribution in [1.29, 1.82) is 0 Å². The predicted molar refractivity (Wildman–Crippen MR) is 106 cm³/mol. The molecule has 2 aliphatic rings. The molecular weight excluding hydrogens is 378 g/mol. The van der Waals surface area contributed by atoms with Gasteiger partial charge in [0.25, 0.3) is 5.91 Å². The summed E-state index contributed by atoms with van der Waals surface area (Å²) in [6, 6.07) is 9.21. The summed E-state index contributed by atoms with van der Waals surface area (Å²) >= 11 is 5.88. The van der Waals surface area contributed by atoms with E-state index in [2.05, 4.69) is 10.4 Å². The minimum absolute atomic E-state index is 0.0388. The van der Waals surface area contributed by atoms with E-state index in [4.69, 9.17) is 11.6 Å². The molecule has 148 valence electrons. The zero-order valence-corrected chi connectivity index (χ0v) is 16.5. The van der Waals surface area contributed by atoms with Crippen LogP contribution in [0.4, 0.5) is 4.79 Å². The van der Waals surface area contributed by atoms with Crippen molar-refractivity contribution in [1.82, 2.24) is 24.9 Å². The third-order valence-corrected chi connectivity index (χ3v) is 5.60. The molecule has 28 heavy (non-hydrogen) atoms. The molecule has 0 atom stereocenters. The van der Waals surface area contributed by atoms with Crippen LogP contribution >= 0.6 is 11.6 Å². The molecule has 2 aliphatic heterocycles. The van der Waals surface area contributed by atoms with Crippen LogP contribution in [-0.2, 0) is 19.5 Å². The summed E-state index contributed by atoms with van der Waals surface area (Å²) in [6.45, 7) is 3.43. The van der Waals surface area contributed by atoms with Crippen LogP contribution in [0.15, 0.2) is 30.3 Å². The number of aromatic nitrogens is 2. The lowest BCUT2D eigenvalue weighted by Crippen LogP contribution is -2.53. The van der Waals surface area contributed by atoms with Gasteiger partial charge in [0.15, 0.2) is 5.69 Å². The van der Waals surface area contributed by atoms with E-state index in [9.17, 15) is 9.59 Å². The molecule has 2 aromatic rings. The summed E-state index contributed by atoms with van der Waals surface area (Å²) in [5, 5.41) is 8.07. The van der Waals surface area contributed by atoms with Gasteiger partial charge in [-0.25, -0.2) is 4.79 Å². The zero-order valence-electron chi connectivity index (χ0n) is 15.7. The summed E-state index contributed by atoms with van der Waals surface area (Å²) in [5.74, 6) is -0.0388. The highest BCUT2D eigenvalue weighted by molar-refractivity contribution is 6.30. The molecule has 0 saturated carbocycles. The quantitative estimate of drug-likeness (QED) is 0.859. The van der Waals surface area contributed by atoms with Crippen LogP contribution < -0.4 is 5.32 Å². The lowest BCUT2D eigenvalue weighted by molar-refractivity contribution is 0.0658. The normalized spacial score (nSPS) is 16.6. The number of urea groups is 1. The molecule has 0 unspecified atom stereocenters. The summed E-state index contributed by atoms with van der Waals surface area (Å²) < 4.78 is 1.96. The van der Waals surface area contributed by atoms with Crippen molar-refractivity contribution < 1.29 is 9.59 Å². The first-order chi connectivity index (χ1) is 13.6. The number of amides is 3. The number of hydrogen-bond acceptors (Lipinski definition) is 3. The molecule has 1 N–H and O–H groups in total. The lowest BCUT2D eigenvalue weighted by atomic mass is 10.1. The van der Waals surface area contributed by atoms with Gasteiger partial charge in [-0.15, -0.1) is 0 Å². The monoisotopic (exact) mass is 401 g/mol. The molecule has 8 heteroatoms. The number of hydrogen-bond donors (Lipinski definition) is 1. The van der Waals surface area contributed by atoms with E-state index >= 15 is 0 Å². The Morgan fingerprint density at radius 3 is 2.43 bits per heavy atom. The second-order valence-corrected chi connectivity index (χ2v) is 7.70. The largest absolute Gasteiger partial charge is 0.334 e. The smallest absolute Gasteiger partial charge is 0.317 e. The predicted octanol–water partition coefficient (Wildman–Crippen LogP) is 2.54. The van der Waals surface area contributed by atoms with Crippen LogP contribution in [-0.4, -0.2) is 57.7 Å². The van der Waals surface area contributed by atoms with E-state index < -0.39 is 0 Å². The summed E-state index contributed by atoms with van der Waals surface area (Å²) in [4.78, 5) is 28.7. The summed E-state index contributed by atoms with van der Waals surface area (Å²) in [5.41, 5.74) is 2.67. The van der Waals surface area contributed by atoms with Gasteiger partial charge in [-0.1, -0.05) is 23.7 Å². The molecule has 1 aromatic carbocycles. The van der Waals surface area contributed by atoms with Crippen molar-refractivity contribution in [2.24, 2.45) is 0 Å². The van der Waals surface area contributed by atoms with Crippen molar-refractivity contribution in [3.63, 3.8) is 0 Å². The number of carbonyl (C=O) groups is 2. The second kappa shape index (κ2) is 8.22. The Morgan fingerprint density at radius 1 is 1.00 bits per heavy atom. The summed E-state index contributed by atoms with van der Waals surface area (Å²) in [6.07, 6.45) is 3.26. The van der Waals surface area contributed by atoms with Gasteiger partial charge in [-0.2, -0.15) is 5.10 Å². The van der Waals surface area contributed by atoms with E-state index in [-0.39, 0.29) is 11.9 Å². The van der Waals surface area contributed by atoms with Crippen LogP contribution in [0.3, 0.4) is 0 Å². The molecule has 1 fully saturated rings. The number of aryl methyl sites for hydroxylation is 2. The Labute approximate surface area is 169 Å². The molecule has 0 aliphatic carbocycles. The minimum Gasteiger partial charge on any atom is -0.334 e. The van der Waals surface area contributed by atoms with Gasteiger partial charge in [0.05, 0.1) is 0 Å². The van der Waals surface area contributed by atoms with Crippen molar-refractivity contribution in [3.05, 3.63) is 52.3 Å². The average molecular weight is 402 g/mol. The highest BCUT2D eigenvalue weighted by Crippen LogP contribution is 2.17. The maximum atomic E-state index is 12.8. The van der Waals surface area contributed by atoms with Gasteiger partial charge in [0.1, 0.15) is 0 Å². The fraction of sp³-hybridized carbons (Fsp3) is 0.450. The zero-order chi connectivity index (χ0) is 19.5. The molecule has 0 bridgehead atoms. The Morgan fingerprint density at radius 2 is 1.71 bits per heavy atom. The molecular formula is C20H24ClN5O2. The molecule has 3 amide bonds. The number of nitrogens with zero attached hydrogens (tertiary/aromatic N) is 4. The third kappa shape index (κ3) is 4.14. The molecule has 1 aromatic heterocycles. The van der Waals surface area contributed by atoms with E-state index in [1.165, 1.54) is 0 Å². The lowest BCUT2D eigenvalue weighted by Gasteiger charge is -2.34. The number of piperazine rings is 1. The standard InChI is InChI=1S/C20H24ClN5O2/c21-16-6-4-15(5-7-16)14-22-20(28)25-11-9-24(10-12-25)19(27)18-13-17-3-1-2-8-26(17)23-18/h4-7,13H,1-3,8-12,14H2,(H,22,28). The Bertz CT molecular complexity index is 832. The molecule has 0 spiro atoms. The molecule has 7 nitrogen and oxygen atoms in total. The van der Waals surface area contributed by atoms with Crippen molar-refractivity contribution >= 4 is 23.5 Å². The highest BCUT2D eigenvalue weighted by Gasteiger charge is 2.27. The number of carbonyl (C=O) groups excluding carboxylic acids is 2. The van der Waals surface area contributed by atoms with Gasteiger partial charge in [-0.3, -0.25) is 9.48 Å². The Hall–Kier alpha value is -2.54. The van der Waals surface area contributed by atoms with Gasteiger partial charge >= 0.3 is 6.03 Å². The van der Waals surface area contributed by atoms with E-state index in [1.54, 1.807) is 21.9 Å². The number of benzene rings is 1. The van der Waals surface area contributed by atoms with E-state index in [1.807, 2.05) is 22.9 Å². The fourth-order valence-electron chi connectivity index (χ4n) is 3.69. The second-order valence-electron chi connectivity index (χ2n) is 7.27. The fourth-order valence-corrected chi connectivity index (χ4v) is 3.81. The van der Waals surface area contributed by atoms with Crippen LogP contribution in [0.1, 0.15) is 34.6 Å². The molecule has 1 saturated heterocycles. The SMILES string of the molecule is O=C(NCc1ccc(Cl)cc1)N1CCN(C(=O)c2cc3n(n2)CCCC3)CC1. The van der Waals surface area contributed by atoms with Gasteiger partial charge in [0.2, 0.25) is 0 Å². The maximum absolute atomic E-state index is 12.8. The number of nitrogens with one attached hydrogen (secondary N) is 1. The number of rotatable bonds is 3. The van der Waals surface area contributed by atoms with Crippen molar-refractivity contribution in [3.8, 4) is 0 Å². The van der Waals surface area contributed by atoms with Crippen LogP contribution in [0.25, 0.3) is 0 Å². The topological polar surface area (TPSA) is 70.5 Å². The molecule has 0 radical (unpaired) electrons. The molecule has 4 rings (SSSR count). The van der Waals surface area contributed by atoms with Gasteiger partial charge in [-0.05, 0) is 43.0 Å². The van der Waals surface area contributed by atoms with Gasteiger partial charge < -0.3 is 15.1 Å². The van der Waals surface area contributed by atoms with Crippen LogP contribution in [0.5, 0.6) is 0 Å². The van der Waals surface area contributed by atoms with Crippen LogP contribution in [0.2, 0.25) is 5.02 Å². The average Bonchev–Trinajstić information content (AvgIpc) is 3.17. The Kier molecular flexibility index (Phi) is 5.52.